The summed E-state index contributed by atoms with van der Waals surface area (Å²) in [5.74, 6) is -0.0422. The molecule has 0 aliphatic carbocycles. The Balaban J connectivity index is 1.72. The minimum absolute atomic E-state index is 0.0422. The largest absolute Gasteiger partial charge is 0.492 e. The number of hydrogen-bond acceptors (Lipinski definition) is 5. The molecule has 8 heteroatoms. The Morgan fingerprint density at radius 2 is 1.56 bits per heavy atom. The predicted octanol–water partition coefficient (Wildman–Crippen LogP) is 3.92. The van der Waals surface area contributed by atoms with Crippen LogP contribution >= 0.6 is 0 Å². The number of rotatable bonds is 8. The molecule has 0 atom stereocenters. The van der Waals surface area contributed by atoms with Gasteiger partial charge in [0.2, 0.25) is 5.91 Å². The SMILES string of the molecule is CNC(=O)Cc1ccc(C=C(CNC(=O)OCc2ccccc2)B2OC(C)(C)C(C)(C)O2)cc1. The highest BCUT2D eigenvalue weighted by atomic mass is 16.7. The summed E-state index contributed by atoms with van der Waals surface area (Å²) in [6.45, 7) is 8.33. The van der Waals surface area contributed by atoms with Gasteiger partial charge in [-0.15, -0.1) is 0 Å². The Morgan fingerprint density at radius 1 is 0.941 bits per heavy atom. The van der Waals surface area contributed by atoms with E-state index in [2.05, 4.69) is 10.6 Å². The molecule has 7 nitrogen and oxygen atoms in total. The highest BCUT2D eigenvalue weighted by molar-refractivity contribution is 6.56. The summed E-state index contributed by atoms with van der Waals surface area (Å²) in [5.41, 5.74) is 2.47. The Morgan fingerprint density at radius 3 is 2.15 bits per heavy atom. The fourth-order valence-corrected chi connectivity index (χ4v) is 3.36. The lowest BCUT2D eigenvalue weighted by Gasteiger charge is -2.32. The summed E-state index contributed by atoms with van der Waals surface area (Å²) >= 11 is 0. The van der Waals surface area contributed by atoms with Gasteiger partial charge >= 0.3 is 13.2 Å². The first-order valence-electron chi connectivity index (χ1n) is 11.4. The maximum atomic E-state index is 12.3. The van der Waals surface area contributed by atoms with E-state index in [0.717, 1.165) is 22.2 Å². The molecule has 0 radical (unpaired) electrons. The van der Waals surface area contributed by atoms with Crippen LogP contribution in [-0.4, -0.2) is 43.9 Å². The first kappa shape index (κ1) is 25.5. The molecule has 2 aromatic carbocycles. The van der Waals surface area contributed by atoms with E-state index in [9.17, 15) is 9.59 Å². The molecule has 0 bridgehead atoms. The van der Waals surface area contributed by atoms with Crippen LogP contribution in [0.25, 0.3) is 6.08 Å². The normalized spacial score (nSPS) is 16.7. The Labute approximate surface area is 202 Å². The number of likely N-dealkylation sites (N-methyl/N-ethyl adjacent to an activating group) is 1. The molecule has 0 aromatic heterocycles. The van der Waals surface area contributed by atoms with Crippen molar-refractivity contribution in [3.8, 4) is 0 Å². The van der Waals surface area contributed by atoms with E-state index in [1.54, 1.807) is 7.05 Å². The number of ether oxygens (including phenoxy) is 1. The zero-order valence-corrected chi connectivity index (χ0v) is 20.5. The molecular formula is C26H33BN2O5. The average molecular weight is 464 g/mol. The minimum atomic E-state index is -0.620. The maximum absolute atomic E-state index is 12.3. The lowest BCUT2D eigenvalue weighted by Crippen LogP contribution is -2.41. The third-order valence-electron chi connectivity index (χ3n) is 6.18. The second-order valence-electron chi connectivity index (χ2n) is 9.31. The molecule has 3 rings (SSSR count). The van der Waals surface area contributed by atoms with Crippen LogP contribution in [0.5, 0.6) is 0 Å². The quantitative estimate of drug-likeness (QED) is 0.579. The van der Waals surface area contributed by atoms with Gasteiger partial charge < -0.3 is 24.7 Å². The molecule has 2 aromatic rings. The number of carbonyl (C=O) groups excluding carboxylic acids is 2. The van der Waals surface area contributed by atoms with Crippen molar-refractivity contribution in [3.05, 3.63) is 76.8 Å². The van der Waals surface area contributed by atoms with Crippen molar-refractivity contribution in [1.29, 1.82) is 0 Å². The van der Waals surface area contributed by atoms with Crippen LogP contribution in [-0.2, 0) is 31.9 Å². The van der Waals surface area contributed by atoms with Gasteiger partial charge in [0.25, 0.3) is 0 Å². The van der Waals surface area contributed by atoms with E-state index in [-0.39, 0.29) is 19.1 Å². The average Bonchev–Trinajstić information content (AvgIpc) is 3.03. The van der Waals surface area contributed by atoms with E-state index in [1.165, 1.54) is 0 Å². The third-order valence-corrected chi connectivity index (χ3v) is 6.18. The van der Waals surface area contributed by atoms with Gasteiger partial charge in [-0.2, -0.15) is 0 Å². The minimum Gasteiger partial charge on any atom is -0.445 e. The smallest absolute Gasteiger partial charge is 0.445 e. The van der Waals surface area contributed by atoms with Crippen LogP contribution in [0.4, 0.5) is 4.79 Å². The van der Waals surface area contributed by atoms with Crippen LogP contribution in [0, 0.1) is 0 Å². The summed E-state index contributed by atoms with van der Waals surface area (Å²) in [7, 11) is 0.999. The Bertz CT molecular complexity index is 1000. The summed E-state index contributed by atoms with van der Waals surface area (Å²) in [6.07, 6.45) is 1.73. The van der Waals surface area contributed by atoms with Crippen molar-refractivity contribution in [1.82, 2.24) is 10.6 Å². The summed E-state index contributed by atoms with van der Waals surface area (Å²) < 4.78 is 17.8. The first-order valence-corrected chi connectivity index (χ1v) is 11.4. The molecule has 2 N–H and O–H groups in total. The lowest BCUT2D eigenvalue weighted by atomic mass is 9.77. The highest BCUT2D eigenvalue weighted by Gasteiger charge is 2.52. The molecule has 1 fully saturated rings. The van der Waals surface area contributed by atoms with E-state index >= 15 is 0 Å². The Kier molecular flexibility index (Phi) is 8.17. The number of amides is 2. The van der Waals surface area contributed by atoms with Crippen LogP contribution in [0.15, 0.2) is 60.1 Å². The monoisotopic (exact) mass is 464 g/mol. The molecule has 1 heterocycles. The van der Waals surface area contributed by atoms with Crippen LogP contribution in [0.2, 0.25) is 0 Å². The van der Waals surface area contributed by atoms with Crippen molar-refractivity contribution >= 4 is 25.2 Å². The Hall–Kier alpha value is -3.10. The van der Waals surface area contributed by atoms with Gasteiger partial charge in [-0.1, -0.05) is 60.7 Å². The van der Waals surface area contributed by atoms with Gasteiger partial charge in [0.15, 0.2) is 0 Å². The van der Waals surface area contributed by atoms with Gasteiger partial charge in [-0.05, 0) is 49.9 Å². The number of hydrogen-bond donors (Lipinski definition) is 2. The molecule has 1 saturated heterocycles. The highest BCUT2D eigenvalue weighted by Crippen LogP contribution is 2.38. The number of benzene rings is 2. The van der Waals surface area contributed by atoms with Crippen LogP contribution in [0.1, 0.15) is 44.4 Å². The maximum Gasteiger partial charge on any atom is 0.492 e. The summed E-state index contributed by atoms with van der Waals surface area (Å²) in [5, 5.41) is 5.43. The molecule has 2 amide bonds. The van der Waals surface area contributed by atoms with Gasteiger partial charge in [0.1, 0.15) is 6.61 Å². The molecule has 180 valence electrons. The standard InChI is InChI=1S/C26H33BN2O5/c1-25(2)26(3,4)34-27(33-25)22(15-19-11-13-20(14-12-19)16-23(30)28-5)17-29-24(31)32-18-21-9-7-6-8-10-21/h6-15H,16-18H2,1-5H3,(H,28,30)(H,29,31). The van der Waals surface area contributed by atoms with Crippen molar-refractivity contribution in [3.63, 3.8) is 0 Å². The molecular weight excluding hydrogens is 431 g/mol. The van der Waals surface area contributed by atoms with E-state index in [1.807, 2.05) is 88.4 Å². The number of alkyl carbamates (subject to hydrolysis) is 1. The van der Waals surface area contributed by atoms with E-state index in [0.29, 0.717) is 6.42 Å². The van der Waals surface area contributed by atoms with Crippen molar-refractivity contribution in [2.24, 2.45) is 0 Å². The molecule has 1 aliphatic heterocycles. The van der Waals surface area contributed by atoms with Crippen molar-refractivity contribution in [2.75, 3.05) is 13.6 Å². The van der Waals surface area contributed by atoms with Crippen molar-refractivity contribution in [2.45, 2.75) is 51.9 Å². The topological polar surface area (TPSA) is 85.9 Å². The molecule has 34 heavy (non-hydrogen) atoms. The lowest BCUT2D eigenvalue weighted by molar-refractivity contribution is -0.119. The van der Waals surface area contributed by atoms with E-state index in [4.69, 9.17) is 14.0 Å². The summed E-state index contributed by atoms with van der Waals surface area (Å²) in [4.78, 5) is 24.0. The molecule has 0 unspecified atom stereocenters. The number of carbonyl (C=O) groups is 2. The zero-order chi connectivity index (χ0) is 24.8. The van der Waals surface area contributed by atoms with Gasteiger partial charge in [0.05, 0.1) is 17.6 Å². The van der Waals surface area contributed by atoms with Gasteiger partial charge in [-0.3, -0.25) is 4.79 Å². The zero-order valence-electron chi connectivity index (χ0n) is 20.5. The fraction of sp³-hybridized carbons (Fsp3) is 0.385. The summed E-state index contributed by atoms with van der Waals surface area (Å²) in [6, 6.07) is 17.2. The van der Waals surface area contributed by atoms with Gasteiger partial charge in [-0.25, -0.2) is 4.79 Å². The molecule has 0 spiro atoms. The predicted molar refractivity (Wildman–Crippen MR) is 133 cm³/mol. The second-order valence-corrected chi connectivity index (χ2v) is 9.31. The van der Waals surface area contributed by atoms with Crippen LogP contribution in [0.3, 0.4) is 0 Å². The van der Waals surface area contributed by atoms with Crippen molar-refractivity contribution < 1.29 is 23.6 Å². The third kappa shape index (κ3) is 6.71. The fourth-order valence-electron chi connectivity index (χ4n) is 3.36. The second kappa shape index (κ2) is 10.9. The van der Waals surface area contributed by atoms with Crippen LogP contribution < -0.4 is 10.6 Å². The first-order chi connectivity index (χ1) is 16.1. The van der Waals surface area contributed by atoms with Gasteiger partial charge in [0, 0.05) is 13.6 Å². The number of nitrogens with one attached hydrogen (secondary N) is 2. The van der Waals surface area contributed by atoms with E-state index < -0.39 is 24.4 Å². The molecule has 0 saturated carbocycles. The molecule has 1 aliphatic rings.